The monoisotopic (exact) mass is 646 g/mol. The van der Waals surface area contributed by atoms with Crippen LogP contribution < -0.4 is 18.9 Å². The molecule has 0 N–H and O–H groups in total. The van der Waals surface area contributed by atoms with Crippen LogP contribution in [0.3, 0.4) is 0 Å². The second kappa shape index (κ2) is 16.8. The number of nitrogens with zero attached hydrogens (tertiary/aromatic N) is 4. The largest absolute Gasteiger partial charge is 0.493 e. The Bertz CT molecular complexity index is 1320. The number of hydrogen-bond acceptors (Lipinski definition) is 11. The van der Waals surface area contributed by atoms with E-state index in [1.165, 1.54) is 44.6 Å². The van der Waals surface area contributed by atoms with Crippen LogP contribution in [0.15, 0.2) is 36.4 Å². The van der Waals surface area contributed by atoms with Crippen molar-refractivity contribution < 1.29 is 38.3 Å². The topological polar surface area (TPSA) is 156 Å². The summed E-state index contributed by atoms with van der Waals surface area (Å²) >= 11 is 0. The lowest BCUT2D eigenvalue weighted by molar-refractivity contribution is -0.385. The fourth-order valence-corrected chi connectivity index (χ4v) is 5.04. The molecule has 2 aromatic rings. The van der Waals surface area contributed by atoms with Crippen LogP contribution in [-0.2, 0) is 4.74 Å². The molecule has 2 saturated heterocycles. The average molecular weight is 647 g/mol. The number of amides is 1. The maximum Gasteiger partial charge on any atom is 0.410 e. The molecule has 2 aliphatic rings. The Morgan fingerprint density at radius 1 is 0.761 bits per heavy atom. The van der Waals surface area contributed by atoms with E-state index in [1.807, 2.05) is 20.8 Å². The first-order valence-electron chi connectivity index (χ1n) is 15.4. The highest BCUT2D eigenvalue weighted by Gasteiger charge is 2.27. The average Bonchev–Trinajstić information content (AvgIpc) is 3.02. The van der Waals surface area contributed by atoms with Gasteiger partial charge in [-0.15, -0.1) is 0 Å². The molecule has 1 amide bonds. The molecule has 2 aliphatic heterocycles. The summed E-state index contributed by atoms with van der Waals surface area (Å²) in [6.45, 7) is 9.88. The minimum atomic E-state index is -0.504. The molecular weight excluding hydrogens is 600 g/mol. The van der Waals surface area contributed by atoms with Gasteiger partial charge in [0.25, 0.3) is 11.4 Å². The molecule has 254 valence electrons. The maximum atomic E-state index is 12.1. The van der Waals surface area contributed by atoms with Crippen molar-refractivity contribution >= 4 is 17.5 Å². The molecule has 0 saturated carbocycles. The van der Waals surface area contributed by atoms with Crippen LogP contribution in [0.25, 0.3) is 0 Å². The van der Waals surface area contributed by atoms with Crippen molar-refractivity contribution in [1.29, 1.82) is 0 Å². The normalized spacial score (nSPS) is 16.1. The number of ether oxygens (including phenoxy) is 5. The van der Waals surface area contributed by atoms with E-state index in [0.29, 0.717) is 55.2 Å². The van der Waals surface area contributed by atoms with Gasteiger partial charge in [0.05, 0.1) is 49.4 Å². The van der Waals surface area contributed by atoms with Crippen molar-refractivity contribution in [3.05, 3.63) is 56.6 Å². The van der Waals surface area contributed by atoms with Gasteiger partial charge in [-0.25, -0.2) is 4.79 Å². The third kappa shape index (κ3) is 11.2. The highest BCUT2D eigenvalue weighted by molar-refractivity contribution is 5.68. The zero-order valence-corrected chi connectivity index (χ0v) is 27.6. The van der Waals surface area contributed by atoms with Crippen LogP contribution in [0.5, 0.6) is 23.0 Å². The number of carbonyl (C=O) groups is 1. The molecule has 0 aliphatic carbocycles. The summed E-state index contributed by atoms with van der Waals surface area (Å²) in [6, 6.07) is 8.69. The molecule has 14 heteroatoms. The predicted octanol–water partition coefficient (Wildman–Crippen LogP) is 5.95. The van der Waals surface area contributed by atoms with Crippen LogP contribution in [0.1, 0.15) is 46.5 Å². The first-order chi connectivity index (χ1) is 21.8. The maximum absolute atomic E-state index is 12.1. The van der Waals surface area contributed by atoms with Gasteiger partial charge in [0.15, 0.2) is 23.0 Å². The number of nitro benzene ring substituents is 2. The molecule has 2 aromatic carbocycles. The van der Waals surface area contributed by atoms with Crippen molar-refractivity contribution in [3.8, 4) is 23.0 Å². The van der Waals surface area contributed by atoms with Gasteiger partial charge in [-0.3, -0.25) is 20.2 Å². The van der Waals surface area contributed by atoms with E-state index in [0.717, 1.165) is 38.8 Å². The molecule has 0 aromatic heterocycles. The summed E-state index contributed by atoms with van der Waals surface area (Å²) in [5.41, 5.74) is -0.528. The number of likely N-dealkylation sites (tertiary alicyclic amines) is 2. The zero-order valence-electron chi connectivity index (χ0n) is 27.6. The lowest BCUT2D eigenvalue weighted by Gasteiger charge is -2.33. The number of nitro groups is 2. The van der Waals surface area contributed by atoms with E-state index in [2.05, 4.69) is 11.9 Å². The highest BCUT2D eigenvalue weighted by atomic mass is 16.6. The summed E-state index contributed by atoms with van der Waals surface area (Å²) in [7, 11) is 5.14. The lowest BCUT2D eigenvalue weighted by Crippen LogP contribution is -2.42. The van der Waals surface area contributed by atoms with Gasteiger partial charge in [-0.05, 0) is 90.6 Å². The molecule has 0 atom stereocenters. The summed E-state index contributed by atoms with van der Waals surface area (Å²) < 4.78 is 27.3. The Kier molecular flexibility index (Phi) is 13.2. The van der Waals surface area contributed by atoms with Crippen LogP contribution in [0.4, 0.5) is 16.2 Å². The fourth-order valence-electron chi connectivity index (χ4n) is 5.04. The van der Waals surface area contributed by atoms with E-state index in [9.17, 15) is 25.0 Å². The lowest BCUT2D eigenvalue weighted by atomic mass is 9.98. The number of piperidine rings is 2. The Labute approximate surface area is 269 Å². The number of non-ortho nitro benzene ring substituents is 2. The number of rotatable bonds is 10. The number of methoxy groups -OCH3 is 2. The summed E-state index contributed by atoms with van der Waals surface area (Å²) in [6.07, 6.45) is 3.46. The van der Waals surface area contributed by atoms with E-state index in [1.54, 1.807) is 11.0 Å². The Morgan fingerprint density at radius 2 is 1.17 bits per heavy atom. The predicted molar refractivity (Wildman–Crippen MR) is 171 cm³/mol. The van der Waals surface area contributed by atoms with E-state index in [4.69, 9.17) is 23.7 Å². The van der Waals surface area contributed by atoms with Gasteiger partial charge >= 0.3 is 6.09 Å². The molecule has 0 spiro atoms. The van der Waals surface area contributed by atoms with Crippen molar-refractivity contribution in [3.63, 3.8) is 0 Å². The fraction of sp³-hybridized carbons (Fsp3) is 0.594. The molecule has 0 unspecified atom stereocenters. The van der Waals surface area contributed by atoms with Gasteiger partial charge in [0.2, 0.25) is 0 Å². The minimum Gasteiger partial charge on any atom is -0.493 e. The Morgan fingerprint density at radius 3 is 1.54 bits per heavy atom. The van der Waals surface area contributed by atoms with Crippen LogP contribution in [0.2, 0.25) is 0 Å². The smallest absolute Gasteiger partial charge is 0.410 e. The van der Waals surface area contributed by atoms with Crippen LogP contribution in [0, 0.1) is 32.1 Å². The van der Waals surface area contributed by atoms with E-state index >= 15 is 0 Å². The van der Waals surface area contributed by atoms with Crippen molar-refractivity contribution in [2.24, 2.45) is 11.8 Å². The number of carbonyl (C=O) groups excluding carboxylic acids is 1. The van der Waals surface area contributed by atoms with Crippen LogP contribution in [-0.4, -0.2) is 92.0 Å². The third-order valence-electron chi connectivity index (χ3n) is 7.77. The minimum absolute atomic E-state index is 0.0178. The van der Waals surface area contributed by atoms with Gasteiger partial charge in [-0.1, -0.05) is 0 Å². The number of hydrogen-bond donors (Lipinski definition) is 0. The first kappa shape index (κ1) is 36.1. The quantitative estimate of drug-likeness (QED) is 0.222. The molecule has 2 heterocycles. The molecule has 0 radical (unpaired) electrons. The van der Waals surface area contributed by atoms with Crippen LogP contribution >= 0.6 is 0 Å². The second-order valence-corrected chi connectivity index (χ2v) is 12.5. The van der Waals surface area contributed by atoms with Gasteiger partial charge in [-0.2, -0.15) is 0 Å². The Balaban J connectivity index is 0.000000259. The van der Waals surface area contributed by atoms with Crippen molar-refractivity contribution in [2.45, 2.75) is 52.1 Å². The van der Waals surface area contributed by atoms with Crippen molar-refractivity contribution in [1.82, 2.24) is 9.80 Å². The van der Waals surface area contributed by atoms with E-state index < -0.39 is 15.4 Å². The van der Waals surface area contributed by atoms with Gasteiger partial charge < -0.3 is 33.5 Å². The SMILES string of the molecule is COc1ccc([N+](=O)[O-])cc1OCC1CCN(C(=O)OC(C)(C)C)CC1.COc1ccc([N+](=O)[O-])cc1OCC1CCN(C)CC1. The van der Waals surface area contributed by atoms with Gasteiger partial charge in [0, 0.05) is 25.2 Å². The highest BCUT2D eigenvalue weighted by Crippen LogP contribution is 2.33. The van der Waals surface area contributed by atoms with E-state index in [-0.39, 0.29) is 23.4 Å². The molecular formula is C32H46N4O10. The van der Waals surface area contributed by atoms with Gasteiger partial charge in [0.1, 0.15) is 5.60 Å². The zero-order chi connectivity index (χ0) is 33.9. The second-order valence-electron chi connectivity index (χ2n) is 12.5. The molecule has 14 nitrogen and oxygen atoms in total. The third-order valence-corrected chi connectivity index (χ3v) is 7.77. The summed E-state index contributed by atoms with van der Waals surface area (Å²) in [5, 5.41) is 21.7. The molecule has 2 fully saturated rings. The summed E-state index contributed by atoms with van der Waals surface area (Å²) in [4.78, 5) is 36.9. The molecule has 4 rings (SSSR count). The Hall–Kier alpha value is -4.33. The standard InChI is InChI=1S/C18H26N2O6.C14H20N2O4/c1-18(2,3)26-17(21)19-9-7-13(8-10-19)12-25-16-11-14(20(22)23)5-6-15(16)24-4;1-15-7-5-11(6-8-15)10-20-14-9-12(16(17)18)3-4-13(14)19-2/h5-6,11,13H,7-10,12H2,1-4H3;3-4,9,11H,5-8,10H2,1-2H3. The first-order valence-corrected chi connectivity index (χ1v) is 15.4. The molecule has 46 heavy (non-hydrogen) atoms. The molecule has 0 bridgehead atoms. The van der Waals surface area contributed by atoms with Crippen molar-refractivity contribution in [2.75, 3.05) is 60.7 Å². The summed E-state index contributed by atoms with van der Waals surface area (Å²) in [5.74, 6) is 2.55. The number of benzene rings is 2.